The average Bonchev–Trinajstić information content (AvgIpc) is 1.81. The zero-order valence-electron chi connectivity index (χ0n) is 5.64. The van der Waals surface area contributed by atoms with Gasteiger partial charge in [0.2, 0.25) is 0 Å². The molecule has 10 heavy (non-hydrogen) atoms. The van der Waals surface area contributed by atoms with Crippen LogP contribution in [-0.4, -0.2) is 9.71 Å². The molecule has 1 atom stereocenters. The molecule has 0 bridgehead atoms. The molecule has 0 aliphatic rings. The molecule has 0 saturated heterocycles. The minimum atomic E-state index is -0.999. The van der Waals surface area contributed by atoms with E-state index < -0.39 is 11.9 Å². The second-order valence-electron chi connectivity index (χ2n) is 2.05. The second-order valence-corrected chi connectivity index (χ2v) is 5.25. The molecule has 4 heteroatoms. The standard InChI is InChI=1S/C6H10Br2O2/c1-2-3-4(5(7)8)6(9)10/h4-5H,2-3H2,1H3,(H,9,10)/p-1. The van der Waals surface area contributed by atoms with Gasteiger partial charge in [-0.2, -0.15) is 0 Å². The van der Waals surface area contributed by atoms with Gasteiger partial charge in [-0.1, -0.05) is 45.2 Å². The van der Waals surface area contributed by atoms with E-state index in [0.717, 1.165) is 6.42 Å². The Labute approximate surface area is 77.3 Å². The molecule has 0 aliphatic heterocycles. The van der Waals surface area contributed by atoms with Crippen LogP contribution in [0.2, 0.25) is 0 Å². The number of carbonyl (C=O) groups is 1. The summed E-state index contributed by atoms with van der Waals surface area (Å²) in [6.07, 6.45) is 1.50. The highest BCUT2D eigenvalue weighted by Gasteiger charge is 2.15. The molecular formula is C6H9Br2O2-. The molecule has 1 unspecified atom stereocenters. The van der Waals surface area contributed by atoms with Crippen molar-refractivity contribution in [1.82, 2.24) is 0 Å². The molecular weight excluding hydrogens is 264 g/mol. The fourth-order valence-electron chi connectivity index (χ4n) is 0.658. The summed E-state index contributed by atoms with van der Waals surface area (Å²) in [5, 5.41) is 10.4. The molecule has 0 amide bonds. The Morgan fingerprint density at radius 1 is 1.60 bits per heavy atom. The molecule has 0 heterocycles. The minimum absolute atomic E-state index is 0.176. The molecule has 0 aliphatic carbocycles. The lowest BCUT2D eigenvalue weighted by molar-refractivity contribution is -0.311. The first-order valence-electron chi connectivity index (χ1n) is 3.08. The number of aliphatic carboxylic acids is 1. The summed E-state index contributed by atoms with van der Waals surface area (Å²) in [6, 6.07) is 0. The van der Waals surface area contributed by atoms with Gasteiger partial charge in [-0.15, -0.1) is 0 Å². The van der Waals surface area contributed by atoms with Gasteiger partial charge in [-0.3, -0.25) is 0 Å². The summed E-state index contributed by atoms with van der Waals surface area (Å²) < 4.78 is -0.176. The molecule has 2 nitrogen and oxygen atoms in total. The number of carboxylic acids is 1. The van der Waals surface area contributed by atoms with Crippen molar-refractivity contribution in [2.75, 3.05) is 0 Å². The van der Waals surface area contributed by atoms with Crippen LogP contribution >= 0.6 is 31.9 Å². The van der Waals surface area contributed by atoms with Gasteiger partial charge in [0.15, 0.2) is 0 Å². The molecule has 0 N–H and O–H groups in total. The van der Waals surface area contributed by atoms with Crippen LogP contribution < -0.4 is 5.11 Å². The van der Waals surface area contributed by atoms with E-state index in [1.165, 1.54) is 0 Å². The fourth-order valence-corrected chi connectivity index (χ4v) is 1.62. The van der Waals surface area contributed by atoms with E-state index >= 15 is 0 Å². The van der Waals surface area contributed by atoms with Crippen LogP contribution in [0.25, 0.3) is 0 Å². The number of hydrogen-bond donors (Lipinski definition) is 0. The van der Waals surface area contributed by atoms with Crippen LogP contribution in [0.4, 0.5) is 0 Å². The van der Waals surface area contributed by atoms with E-state index in [0.29, 0.717) is 6.42 Å². The molecule has 0 fully saturated rings. The Morgan fingerprint density at radius 2 is 2.10 bits per heavy atom. The van der Waals surface area contributed by atoms with Crippen LogP contribution in [0, 0.1) is 5.92 Å². The summed E-state index contributed by atoms with van der Waals surface area (Å²) in [6.45, 7) is 1.94. The van der Waals surface area contributed by atoms with Gasteiger partial charge < -0.3 is 9.90 Å². The van der Waals surface area contributed by atoms with Crippen molar-refractivity contribution in [3.05, 3.63) is 0 Å². The first kappa shape index (κ1) is 10.4. The lowest BCUT2D eigenvalue weighted by atomic mass is 10.1. The number of carbonyl (C=O) groups excluding carboxylic acids is 1. The topological polar surface area (TPSA) is 40.1 Å². The Morgan fingerprint density at radius 3 is 2.20 bits per heavy atom. The summed E-state index contributed by atoms with van der Waals surface area (Å²) in [5.41, 5.74) is 0. The van der Waals surface area contributed by atoms with Gasteiger partial charge in [0.05, 0.1) is 3.74 Å². The number of carboxylic acid groups (broad SMARTS) is 1. The fraction of sp³-hybridized carbons (Fsp3) is 0.833. The van der Waals surface area contributed by atoms with Crippen LogP contribution in [-0.2, 0) is 4.79 Å². The molecule has 0 aromatic heterocycles. The van der Waals surface area contributed by atoms with Crippen molar-refractivity contribution in [2.24, 2.45) is 5.92 Å². The smallest absolute Gasteiger partial charge is 0.0777 e. The highest BCUT2D eigenvalue weighted by molar-refractivity contribution is 9.24. The zero-order chi connectivity index (χ0) is 8.15. The molecule has 0 aromatic rings. The molecule has 0 rings (SSSR count). The predicted molar refractivity (Wildman–Crippen MR) is 45.0 cm³/mol. The van der Waals surface area contributed by atoms with Crippen molar-refractivity contribution in [1.29, 1.82) is 0 Å². The lowest BCUT2D eigenvalue weighted by Crippen LogP contribution is -2.34. The third kappa shape index (κ3) is 3.56. The highest BCUT2D eigenvalue weighted by Crippen LogP contribution is 2.22. The van der Waals surface area contributed by atoms with Gasteiger partial charge >= 0.3 is 0 Å². The van der Waals surface area contributed by atoms with Crippen molar-refractivity contribution in [2.45, 2.75) is 23.5 Å². The molecule has 0 aromatic carbocycles. The Balaban J connectivity index is 3.85. The highest BCUT2D eigenvalue weighted by atomic mass is 79.9. The van der Waals surface area contributed by atoms with Gasteiger partial charge in [0, 0.05) is 11.9 Å². The first-order chi connectivity index (χ1) is 4.59. The van der Waals surface area contributed by atoms with Crippen LogP contribution in [0.15, 0.2) is 0 Å². The minimum Gasteiger partial charge on any atom is -0.550 e. The van der Waals surface area contributed by atoms with Crippen molar-refractivity contribution < 1.29 is 9.90 Å². The SMILES string of the molecule is CCCC(C(=O)[O-])C(Br)Br. The quantitative estimate of drug-likeness (QED) is 0.723. The molecule has 0 radical (unpaired) electrons. The number of rotatable bonds is 4. The molecule has 0 saturated carbocycles. The van der Waals surface area contributed by atoms with E-state index in [9.17, 15) is 9.90 Å². The van der Waals surface area contributed by atoms with Crippen molar-refractivity contribution >= 4 is 37.8 Å². The number of hydrogen-bond acceptors (Lipinski definition) is 2. The van der Waals surface area contributed by atoms with E-state index in [1.54, 1.807) is 0 Å². The first-order valence-corrected chi connectivity index (χ1v) is 4.91. The van der Waals surface area contributed by atoms with Gasteiger partial charge in [-0.05, 0) is 6.42 Å². The third-order valence-electron chi connectivity index (χ3n) is 1.21. The number of halogens is 2. The summed E-state index contributed by atoms with van der Waals surface area (Å²) in [7, 11) is 0. The lowest BCUT2D eigenvalue weighted by Gasteiger charge is -2.17. The van der Waals surface area contributed by atoms with E-state index in [1.807, 2.05) is 6.92 Å². The maximum Gasteiger partial charge on any atom is 0.0777 e. The average molecular weight is 273 g/mol. The van der Waals surface area contributed by atoms with Gasteiger partial charge in [-0.25, -0.2) is 0 Å². The zero-order valence-corrected chi connectivity index (χ0v) is 8.81. The molecule has 60 valence electrons. The van der Waals surface area contributed by atoms with E-state index in [-0.39, 0.29) is 3.74 Å². The largest absolute Gasteiger partial charge is 0.550 e. The monoisotopic (exact) mass is 271 g/mol. The predicted octanol–water partition coefficient (Wildman–Crippen LogP) is 1.27. The van der Waals surface area contributed by atoms with E-state index in [4.69, 9.17) is 0 Å². The maximum atomic E-state index is 10.4. The summed E-state index contributed by atoms with van der Waals surface area (Å²) in [4.78, 5) is 10.4. The Kier molecular flexibility index (Phi) is 5.35. The summed E-state index contributed by atoms with van der Waals surface area (Å²) >= 11 is 6.28. The van der Waals surface area contributed by atoms with Crippen LogP contribution in [0.1, 0.15) is 19.8 Å². The Hall–Kier alpha value is 0.430. The second kappa shape index (κ2) is 5.13. The maximum absolute atomic E-state index is 10.4. The summed E-state index contributed by atoms with van der Waals surface area (Å²) in [5.74, 6) is -1.43. The number of alkyl halides is 2. The van der Waals surface area contributed by atoms with Crippen molar-refractivity contribution in [3.8, 4) is 0 Å². The van der Waals surface area contributed by atoms with Crippen molar-refractivity contribution in [3.63, 3.8) is 0 Å². The van der Waals surface area contributed by atoms with E-state index in [2.05, 4.69) is 31.9 Å². The van der Waals surface area contributed by atoms with Gasteiger partial charge in [0.1, 0.15) is 0 Å². The van der Waals surface area contributed by atoms with Crippen LogP contribution in [0.3, 0.4) is 0 Å². The van der Waals surface area contributed by atoms with Gasteiger partial charge in [0.25, 0.3) is 0 Å². The van der Waals surface area contributed by atoms with Crippen LogP contribution in [0.5, 0.6) is 0 Å². The Bertz CT molecular complexity index is 114. The third-order valence-corrected chi connectivity index (χ3v) is 2.48. The molecule has 0 spiro atoms. The normalized spacial score (nSPS) is 13.6.